The first kappa shape index (κ1) is 22.3. The Labute approximate surface area is 195 Å². The molecule has 1 aliphatic heterocycles. The summed E-state index contributed by atoms with van der Waals surface area (Å²) in [5.41, 5.74) is 2.13. The Kier molecular flexibility index (Phi) is 6.51. The molecule has 1 heterocycles. The highest BCUT2D eigenvalue weighted by Gasteiger charge is 2.47. The third-order valence-electron chi connectivity index (χ3n) is 5.84. The number of aliphatic hydroxyl groups is 1. The second-order valence-corrected chi connectivity index (χ2v) is 8.60. The van der Waals surface area contributed by atoms with Crippen molar-refractivity contribution in [2.24, 2.45) is 0 Å². The fourth-order valence-electron chi connectivity index (χ4n) is 4.43. The predicted molar refractivity (Wildman–Crippen MR) is 123 cm³/mol. The molecule has 3 atom stereocenters. The van der Waals surface area contributed by atoms with Crippen LogP contribution in [0.2, 0.25) is 10.0 Å². The average Bonchev–Trinajstić information content (AvgIpc) is 2.78. The van der Waals surface area contributed by atoms with Crippen molar-refractivity contribution in [3.8, 4) is 0 Å². The number of carbonyl (C=O) groups excluding carboxylic acids is 1. The van der Waals surface area contributed by atoms with Gasteiger partial charge >= 0.3 is 5.97 Å². The van der Waals surface area contributed by atoms with Gasteiger partial charge in [-0.2, -0.15) is 0 Å². The quantitative estimate of drug-likeness (QED) is 0.534. The van der Waals surface area contributed by atoms with Gasteiger partial charge in [0, 0.05) is 15.6 Å². The molecule has 7 heteroatoms. The number of carbonyl (C=O) groups is 2. The van der Waals surface area contributed by atoms with E-state index in [1.54, 1.807) is 36.4 Å². The molecule has 0 aliphatic carbocycles. The highest BCUT2D eigenvalue weighted by molar-refractivity contribution is 6.35. The van der Waals surface area contributed by atoms with E-state index >= 15 is 0 Å². The van der Waals surface area contributed by atoms with E-state index in [1.807, 2.05) is 30.3 Å². The smallest absolute Gasteiger partial charge is 0.313 e. The van der Waals surface area contributed by atoms with Crippen LogP contribution in [0.3, 0.4) is 0 Å². The molecular formula is C25H21Cl2NO4. The van der Waals surface area contributed by atoms with Crippen LogP contribution in [-0.4, -0.2) is 39.6 Å². The summed E-state index contributed by atoms with van der Waals surface area (Å²) >= 11 is 12.6. The molecule has 5 nitrogen and oxygen atoms in total. The fraction of sp³-hybridized carbons (Fsp3) is 0.200. The van der Waals surface area contributed by atoms with Gasteiger partial charge in [-0.15, -0.1) is 0 Å². The third kappa shape index (κ3) is 4.11. The van der Waals surface area contributed by atoms with Gasteiger partial charge in [0.2, 0.25) is 0 Å². The fourth-order valence-corrected chi connectivity index (χ4v) is 4.95. The van der Waals surface area contributed by atoms with Crippen LogP contribution in [0.1, 0.15) is 39.0 Å². The van der Waals surface area contributed by atoms with Crippen molar-refractivity contribution >= 4 is 35.1 Å². The molecule has 1 amide bonds. The Morgan fingerprint density at radius 1 is 0.969 bits per heavy atom. The molecule has 4 rings (SSSR count). The monoisotopic (exact) mass is 469 g/mol. The molecule has 3 aromatic rings. The molecule has 0 aromatic heterocycles. The van der Waals surface area contributed by atoms with Crippen molar-refractivity contribution < 1.29 is 19.8 Å². The minimum atomic E-state index is -1.08. The van der Waals surface area contributed by atoms with Gasteiger partial charge in [0.15, 0.2) is 0 Å². The summed E-state index contributed by atoms with van der Waals surface area (Å²) in [6.45, 7) is -0.336. The van der Waals surface area contributed by atoms with Crippen molar-refractivity contribution in [1.29, 1.82) is 0 Å². The van der Waals surface area contributed by atoms with Gasteiger partial charge in [-0.25, -0.2) is 0 Å². The van der Waals surface area contributed by atoms with Gasteiger partial charge in [0.05, 0.1) is 18.7 Å². The van der Waals surface area contributed by atoms with Crippen LogP contribution >= 0.6 is 23.2 Å². The van der Waals surface area contributed by atoms with Gasteiger partial charge in [0.1, 0.15) is 5.92 Å². The average molecular weight is 470 g/mol. The van der Waals surface area contributed by atoms with Crippen LogP contribution in [0.25, 0.3) is 0 Å². The number of aliphatic hydroxyl groups excluding tert-OH is 1. The second kappa shape index (κ2) is 9.33. The Bertz CT molecular complexity index is 1150. The number of amides is 1. The number of carboxylic acids is 1. The number of halogens is 2. The Morgan fingerprint density at radius 3 is 2.31 bits per heavy atom. The summed E-state index contributed by atoms with van der Waals surface area (Å²) in [5.74, 6) is -2.49. The standard InChI is InChI=1S/C25H21Cl2NO4/c26-16-10-11-20(21(27)13-16)23-22(25(31)32)18-8-4-5-9-19(18)24(30)28(23)17(14-29)12-15-6-2-1-3-7-15/h1-11,13,17,22-23,29H,12,14H2,(H,31,32)/t17-,22+,23-/m0/s1. The number of carboxylic acid groups (broad SMARTS) is 1. The zero-order valence-corrected chi connectivity index (χ0v) is 18.5. The van der Waals surface area contributed by atoms with Crippen LogP contribution in [0.4, 0.5) is 0 Å². The predicted octanol–water partition coefficient (Wildman–Crippen LogP) is 4.96. The maximum atomic E-state index is 13.7. The van der Waals surface area contributed by atoms with E-state index in [4.69, 9.17) is 23.2 Å². The summed E-state index contributed by atoms with van der Waals surface area (Å²) in [5, 5.41) is 21.2. The van der Waals surface area contributed by atoms with Crippen LogP contribution in [-0.2, 0) is 11.2 Å². The molecule has 0 fully saturated rings. The molecule has 1 aliphatic rings. The van der Waals surface area contributed by atoms with Gasteiger partial charge < -0.3 is 15.1 Å². The van der Waals surface area contributed by atoms with Gasteiger partial charge in [-0.05, 0) is 41.3 Å². The lowest BCUT2D eigenvalue weighted by atomic mass is 9.78. The van der Waals surface area contributed by atoms with Crippen molar-refractivity contribution in [3.63, 3.8) is 0 Å². The van der Waals surface area contributed by atoms with Gasteiger partial charge in [-0.1, -0.05) is 77.8 Å². The van der Waals surface area contributed by atoms with E-state index in [2.05, 4.69) is 0 Å². The van der Waals surface area contributed by atoms with E-state index in [-0.39, 0.29) is 17.5 Å². The van der Waals surface area contributed by atoms with Crippen molar-refractivity contribution in [1.82, 2.24) is 4.90 Å². The largest absolute Gasteiger partial charge is 0.481 e. The topological polar surface area (TPSA) is 77.8 Å². The summed E-state index contributed by atoms with van der Waals surface area (Å²) in [6.07, 6.45) is 0.360. The molecular weight excluding hydrogens is 449 g/mol. The molecule has 0 bridgehead atoms. The Hall–Kier alpha value is -2.86. The zero-order valence-electron chi connectivity index (χ0n) is 17.0. The van der Waals surface area contributed by atoms with E-state index in [0.29, 0.717) is 28.1 Å². The van der Waals surface area contributed by atoms with Crippen LogP contribution in [0.15, 0.2) is 72.8 Å². The normalized spacial score (nSPS) is 18.8. The number of fused-ring (bicyclic) bond motifs is 1. The Morgan fingerprint density at radius 2 is 1.66 bits per heavy atom. The molecule has 0 radical (unpaired) electrons. The highest BCUT2D eigenvalue weighted by Crippen LogP contribution is 2.46. The van der Waals surface area contributed by atoms with Crippen LogP contribution in [0, 0.1) is 0 Å². The van der Waals surface area contributed by atoms with Crippen molar-refractivity contribution in [2.45, 2.75) is 24.4 Å². The molecule has 2 N–H and O–H groups in total. The molecule has 0 spiro atoms. The lowest BCUT2D eigenvalue weighted by molar-refractivity contribution is -0.141. The number of nitrogens with zero attached hydrogens (tertiary/aromatic N) is 1. The molecule has 164 valence electrons. The second-order valence-electron chi connectivity index (χ2n) is 7.75. The number of aliphatic carboxylic acids is 1. The molecule has 32 heavy (non-hydrogen) atoms. The highest BCUT2D eigenvalue weighted by atomic mass is 35.5. The maximum Gasteiger partial charge on any atom is 0.313 e. The van der Waals surface area contributed by atoms with E-state index in [1.165, 1.54) is 11.0 Å². The van der Waals surface area contributed by atoms with Crippen molar-refractivity contribution in [3.05, 3.63) is 105 Å². The lowest BCUT2D eigenvalue weighted by Gasteiger charge is -2.44. The number of rotatable bonds is 6. The summed E-state index contributed by atoms with van der Waals surface area (Å²) < 4.78 is 0. The molecule has 0 unspecified atom stereocenters. The lowest BCUT2D eigenvalue weighted by Crippen LogP contribution is -2.52. The summed E-state index contributed by atoms with van der Waals surface area (Å²) in [6, 6.07) is 19.4. The first-order valence-corrected chi connectivity index (χ1v) is 10.9. The Balaban J connectivity index is 1.91. The van der Waals surface area contributed by atoms with E-state index < -0.39 is 24.0 Å². The van der Waals surface area contributed by atoms with Gasteiger partial charge in [-0.3, -0.25) is 9.59 Å². The van der Waals surface area contributed by atoms with Crippen molar-refractivity contribution in [2.75, 3.05) is 6.61 Å². The molecule has 3 aromatic carbocycles. The zero-order chi connectivity index (χ0) is 22.8. The summed E-state index contributed by atoms with van der Waals surface area (Å²) in [7, 11) is 0. The van der Waals surface area contributed by atoms with Gasteiger partial charge in [0.25, 0.3) is 5.91 Å². The number of hydrogen-bond donors (Lipinski definition) is 2. The third-order valence-corrected chi connectivity index (χ3v) is 6.40. The minimum Gasteiger partial charge on any atom is -0.481 e. The SMILES string of the molecule is O=C(O)[C@@H]1c2ccccc2C(=O)N([C@H](CO)Cc2ccccc2)[C@H]1c1ccc(Cl)cc1Cl. The maximum absolute atomic E-state index is 13.7. The van der Waals surface area contributed by atoms with Crippen LogP contribution in [0.5, 0.6) is 0 Å². The number of benzene rings is 3. The molecule has 0 saturated carbocycles. The number of hydrogen-bond acceptors (Lipinski definition) is 3. The first-order chi connectivity index (χ1) is 15.4. The first-order valence-electron chi connectivity index (χ1n) is 10.2. The minimum absolute atomic E-state index is 0.266. The van der Waals surface area contributed by atoms with E-state index in [9.17, 15) is 19.8 Å². The molecule has 0 saturated heterocycles. The van der Waals surface area contributed by atoms with E-state index in [0.717, 1.165) is 5.56 Å². The summed E-state index contributed by atoms with van der Waals surface area (Å²) in [4.78, 5) is 27.7. The van der Waals surface area contributed by atoms with Crippen LogP contribution < -0.4 is 0 Å².